The first kappa shape index (κ1) is 14.6. The van der Waals surface area contributed by atoms with Crippen LogP contribution in [0.5, 0.6) is 5.75 Å². The highest BCUT2D eigenvalue weighted by Crippen LogP contribution is 2.18. The Morgan fingerprint density at radius 1 is 1.38 bits per heavy atom. The van der Waals surface area contributed by atoms with Crippen LogP contribution in [0.4, 0.5) is 0 Å². The zero-order chi connectivity index (χ0) is 15.2. The molecule has 0 spiro atoms. The molecule has 4 N–H and O–H groups in total. The van der Waals surface area contributed by atoms with Gasteiger partial charge in [0.15, 0.2) is 0 Å². The van der Waals surface area contributed by atoms with Gasteiger partial charge in [0, 0.05) is 11.9 Å². The number of rotatable bonds is 5. The van der Waals surface area contributed by atoms with E-state index in [4.69, 9.17) is 5.53 Å². The molecule has 1 aliphatic rings. The van der Waals surface area contributed by atoms with Crippen molar-refractivity contribution in [2.45, 2.75) is 6.92 Å². The molecule has 0 unspecified atom stereocenters. The van der Waals surface area contributed by atoms with Gasteiger partial charge >= 0.3 is 0 Å². The lowest BCUT2D eigenvalue weighted by Gasteiger charge is -2.16. The Morgan fingerprint density at radius 2 is 2.10 bits per heavy atom. The van der Waals surface area contributed by atoms with E-state index in [1.54, 1.807) is 24.3 Å². The number of nitrogens with zero attached hydrogens (tertiary/aromatic N) is 1. The molecular weight excluding hydrogens is 264 g/mol. The number of nitrogens with one attached hydrogen (secondary N) is 3. The van der Waals surface area contributed by atoms with Gasteiger partial charge in [-0.3, -0.25) is 0 Å². The molecule has 0 aliphatic carbocycles. The van der Waals surface area contributed by atoms with Crippen LogP contribution in [0.25, 0.3) is 5.70 Å². The fraction of sp³-hybridized carbons (Fsp3) is 0.125. The largest absolute Gasteiger partial charge is 0.508 e. The second-order valence-electron chi connectivity index (χ2n) is 4.67. The average Bonchev–Trinajstić information content (AvgIpc) is 2.50. The molecular formula is C16H18N4O. The molecule has 0 aromatic heterocycles. The van der Waals surface area contributed by atoms with Crippen LogP contribution in [0.3, 0.4) is 0 Å². The summed E-state index contributed by atoms with van der Waals surface area (Å²) in [6.45, 7) is 6.32. The smallest absolute Gasteiger partial charge is 0.115 e. The highest BCUT2D eigenvalue weighted by molar-refractivity contribution is 5.62. The van der Waals surface area contributed by atoms with E-state index in [-0.39, 0.29) is 5.75 Å². The Hall–Kier alpha value is -2.82. The summed E-state index contributed by atoms with van der Waals surface area (Å²) >= 11 is 0. The first-order valence-electron chi connectivity index (χ1n) is 6.55. The third-order valence-electron chi connectivity index (χ3n) is 3.17. The number of phenolic OH excluding ortho intramolecular Hbond substituents is 1. The third-order valence-corrected chi connectivity index (χ3v) is 3.17. The molecule has 0 bridgehead atoms. The van der Waals surface area contributed by atoms with E-state index in [9.17, 15) is 5.11 Å². The van der Waals surface area contributed by atoms with Gasteiger partial charge in [-0.2, -0.15) is 5.11 Å². The first-order chi connectivity index (χ1) is 10.1. The van der Waals surface area contributed by atoms with Crippen molar-refractivity contribution in [3.63, 3.8) is 0 Å². The van der Waals surface area contributed by atoms with Crippen molar-refractivity contribution in [3.05, 3.63) is 71.7 Å². The van der Waals surface area contributed by atoms with Gasteiger partial charge < -0.3 is 15.7 Å². The van der Waals surface area contributed by atoms with Gasteiger partial charge in [0.2, 0.25) is 0 Å². The molecule has 0 fully saturated rings. The van der Waals surface area contributed by atoms with Gasteiger partial charge in [0.25, 0.3) is 0 Å². The molecule has 5 heteroatoms. The van der Waals surface area contributed by atoms with Crippen molar-refractivity contribution in [2.24, 2.45) is 5.11 Å². The molecule has 0 radical (unpaired) electrons. The number of allylic oxidation sites excluding steroid dienone is 3. The van der Waals surface area contributed by atoms with Crippen LogP contribution >= 0.6 is 0 Å². The fourth-order valence-electron chi connectivity index (χ4n) is 1.97. The predicted octanol–water partition coefficient (Wildman–Crippen LogP) is 3.26. The van der Waals surface area contributed by atoms with Crippen LogP contribution in [-0.4, -0.2) is 11.7 Å². The Labute approximate surface area is 123 Å². The summed E-state index contributed by atoms with van der Waals surface area (Å²) in [5.41, 5.74) is 11.4. The molecule has 2 rings (SSSR count). The summed E-state index contributed by atoms with van der Waals surface area (Å²) in [5.74, 6) is 0.217. The summed E-state index contributed by atoms with van der Waals surface area (Å²) in [6.07, 6.45) is 5.68. The highest BCUT2D eigenvalue weighted by Gasteiger charge is 2.10. The number of dihydropyridines is 1. The minimum atomic E-state index is 0.217. The number of benzene rings is 1. The Balaban J connectivity index is 2.07. The third kappa shape index (κ3) is 3.60. The SMILES string of the molecule is C=C(NC/C(N=N)=C1/NC=CC=C1C)c1ccc(O)cc1. The molecule has 0 saturated heterocycles. The van der Waals surface area contributed by atoms with Crippen LogP contribution in [0, 0.1) is 5.53 Å². The number of aromatic hydroxyl groups is 1. The van der Waals surface area contributed by atoms with E-state index in [0.29, 0.717) is 17.9 Å². The molecule has 1 aliphatic heterocycles. The summed E-state index contributed by atoms with van der Waals surface area (Å²) in [6, 6.07) is 6.78. The van der Waals surface area contributed by atoms with Crippen molar-refractivity contribution in [2.75, 3.05) is 6.54 Å². The first-order valence-corrected chi connectivity index (χ1v) is 6.55. The normalized spacial score (nSPS) is 15.8. The maximum atomic E-state index is 9.28. The molecule has 108 valence electrons. The second kappa shape index (κ2) is 6.56. The van der Waals surface area contributed by atoms with E-state index in [2.05, 4.69) is 22.3 Å². The van der Waals surface area contributed by atoms with Gasteiger partial charge in [-0.25, -0.2) is 5.53 Å². The summed E-state index contributed by atoms with van der Waals surface area (Å²) < 4.78 is 0. The van der Waals surface area contributed by atoms with Crippen LogP contribution in [0.15, 0.2) is 71.3 Å². The molecule has 21 heavy (non-hydrogen) atoms. The summed E-state index contributed by atoms with van der Waals surface area (Å²) in [4.78, 5) is 0. The molecule has 5 nitrogen and oxygen atoms in total. The highest BCUT2D eigenvalue weighted by atomic mass is 16.3. The molecule has 1 aromatic rings. The Bertz CT molecular complexity index is 639. The van der Waals surface area contributed by atoms with Crippen LogP contribution in [0.2, 0.25) is 0 Å². The number of phenols is 1. The minimum Gasteiger partial charge on any atom is -0.508 e. The number of hydrogen-bond acceptors (Lipinski definition) is 5. The zero-order valence-corrected chi connectivity index (χ0v) is 11.9. The van der Waals surface area contributed by atoms with Crippen molar-refractivity contribution < 1.29 is 5.11 Å². The van der Waals surface area contributed by atoms with Crippen molar-refractivity contribution >= 4 is 5.70 Å². The second-order valence-corrected chi connectivity index (χ2v) is 4.67. The van der Waals surface area contributed by atoms with Crippen LogP contribution < -0.4 is 10.6 Å². The van der Waals surface area contributed by atoms with Crippen LogP contribution in [-0.2, 0) is 0 Å². The van der Waals surface area contributed by atoms with E-state index < -0.39 is 0 Å². The Kier molecular flexibility index (Phi) is 4.56. The zero-order valence-electron chi connectivity index (χ0n) is 11.9. The summed E-state index contributed by atoms with van der Waals surface area (Å²) in [5, 5.41) is 19.1. The van der Waals surface area contributed by atoms with Crippen molar-refractivity contribution in [3.8, 4) is 5.75 Å². The minimum absolute atomic E-state index is 0.217. The molecule has 0 amide bonds. The van der Waals surface area contributed by atoms with E-state index in [0.717, 1.165) is 16.8 Å². The molecule has 1 aromatic carbocycles. The van der Waals surface area contributed by atoms with Gasteiger partial charge in [-0.05, 0) is 48.4 Å². The molecule has 1 heterocycles. The lowest BCUT2D eigenvalue weighted by atomic mass is 10.1. The van der Waals surface area contributed by atoms with Gasteiger partial charge in [0.05, 0.1) is 12.2 Å². The van der Waals surface area contributed by atoms with Gasteiger partial charge in [-0.15, -0.1) is 0 Å². The summed E-state index contributed by atoms with van der Waals surface area (Å²) in [7, 11) is 0. The van der Waals surface area contributed by atoms with Crippen molar-refractivity contribution in [1.29, 1.82) is 5.53 Å². The topological polar surface area (TPSA) is 80.5 Å². The monoisotopic (exact) mass is 282 g/mol. The van der Waals surface area contributed by atoms with Crippen molar-refractivity contribution in [1.82, 2.24) is 10.6 Å². The lowest BCUT2D eigenvalue weighted by molar-refractivity contribution is 0.475. The Morgan fingerprint density at radius 3 is 2.71 bits per heavy atom. The molecule has 0 saturated carbocycles. The predicted molar refractivity (Wildman–Crippen MR) is 83.3 cm³/mol. The van der Waals surface area contributed by atoms with Gasteiger partial charge in [0.1, 0.15) is 11.4 Å². The standard InChI is InChI=1S/C16H18N4O/c1-11-4-3-9-18-16(11)15(20-17)10-19-12(2)13-5-7-14(21)8-6-13/h3-9,17-19,21H,2,10H2,1H3/b16-15-,20-17?. The lowest BCUT2D eigenvalue weighted by Crippen LogP contribution is -2.20. The maximum absolute atomic E-state index is 9.28. The van der Waals surface area contributed by atoms with E-state index >= 15 is 0 Å². The fourth-order valence-corrected chi connectivity index (χ4v) is 1.97. The maximum Gasteiger partial charge on any atom is 0.115 e. The van der Waals surface area contributed by atoms with E-state index in [1.807, 2.05) is 25.3 Å². The van der Waals surface area contributed by atoms with E-state index in [1.165, 1.54) is 0 Å². The molecule has 0 atom stereocenters. The number of hydrogen-bond donors (Lipinski definition) is 4. The quantitative estimate of drug-likeness (QED) is 0.626. The average molecular weight is 282 g/mol. The van der Waals surface area contributed by atoms with Crippen LogP contribution in [0.1, 0.15) is 12.5 Å². The van der Waals surface area contributed by atoms with Gasteiger partial charge in [-0.1, -0.05) is 12.7 Å².